The summed E-state index contributed by atoms with van der Waals surface area (Å²) in [6.07, 6.45) is 6.89. The number of rotatable bonds is 4. The third kappa shape index (κ3) is 3.06. The number of amides is 1. The van der Waals surface area contributed by atoms with Crippen molar-refractivity contribution in [2.75, 3.05) is 19.7 Å². The van der Waals surface area contributed by atoms with Crippen molar-refractivity contribution in [3.05, 3.63) is 24.3 Å². The fourth-order valence-corrected chi connectivity index (χ4v) is 7.94. The summed E-state index contributed by atoms with van der Waals surface area (Å²) in [4.78, 5) is 15.7. The number of likely N-dealkylation sites (N-methyl/N-ethyl adjacent to an activating group) is 1. The van der Waals surface area contributed by atoms with Gasteiger partial charge in [0.05, 0.1) is 12.0 Å². The first-order valence-electron chi connectivity index (χ1n) is 10.4. The van der Waals surface area contributed by atoms with Gasteiger partial charge in [-0.2, -0.15) is 0 Å². The van der Waals surface area contributed by atoms with Crippen molar-refractivity contribution in [3.63, 3.8) is 0 Å². The van der Waals surface area contributed by atoms with Crippen LogP contribution in [0.15, 0.2) is 24.3 Å². The highest BCUT2D eigenvalue weighted by molar-refractivity contribution is 9.10. The summed E-state index contributed by atoms with van der Waals surface area (Å²) in [6, 6.07) is 7.78. The number of carbonyl (C=O) groups is 1. The average Bonchev–Trinajstić information content (AvgIpc) is 2.63. The zero-order valence-electron chi connectivity index (χ0n) is 16.0. The van der Waals surface area contributed by atoms with Crippen LogP contribution in [0.1, 0.15) is 45.4 Å². The van der Waals surface area contributed by atoms with Gasteiger partial charge in [-0.15, -0.1) is 0 Å². The first kappa shape index (κ1) is 17.8. The summed E-state index contributed by atoms with van der Waals surface area (Å²) >= 11 is 4.03. The Morgan fingerprint density at radius 1 is 1.19 bits per heavy atom. The van der Waals surface area contributed by atoms with Crippen LogP contribution in [0, 0.1) is 17.3 Å². The number of carbonyl (C=O) groups excluding carboxylic acids is 1. The first-order chi connectivity index (χ1) is 13.0. The molecule has 4 nitrogen and oxygen atoms in total. The van der Waals surface area contributed by atoms with Crippen LogP contribution in [0.4, 0.5) is 0 Å². The van der Waals surface area contributed by atoms with Gasteiger partial charge in [0, 0.05) is 10.9 Å². The van der Waals surface area contributed by atoms with E-state index in [2.05, 4.69) is 22.9 Å². The minimum Gasteiger partial charge on any atom is -0.486 e. The monoisotopic (exact) mass is 433 g/mol. The fraction of sp³-hybridized carbons (Fsp3) is 0.682. The van der Waals surface area contributed by atoms with E-state index < -0.39 is 0 Å². The maximum absolute atomic E-state index is 13.7. The van der Waals surface area contributed by atoms with Crippen molar-refractivity contribution in [2.24, 2.45) is 17.3 Å². The summed E-state index contributed by atoms with van der Waals surface area (Å²) in [5.74, 6) is 3.37. The van der Waals surface area contributed by atoms with Crippen LogP contribution < -0.4 is 9.47 Å². The molecule has 0 saturated heterocycles. The van der Waals surface area contributed by atoms with Crippen molar-refractivity contribution in [1.82, 2.24) is 4.90 Å². The lowest BCUT2D eigenvalue weighted by atomic mass is 9.49. The number of alkyl halides is 1. The van der Waals surface area contributed by atoms with E-state index >= 15 is 0 Å². The molecule has 4 fully saturated rings. The van der Waals surface area contributed by atoms with E-state index in [0.29, 0.717) is 19.1 Å². The van der Waals surface area contributed by atoms with Gasteiger partial charge >= 0.3 is 0 Å². The van der Waals surface area contributed by atoms with Crippen LogP contribution >= 0.6 is 15.9 Å². The molecule has 5 aliphatic rings. The fourth-order valence-electron chi connectivity index (χ4n) is 6.49. The number of ether oxygens (including phenoxy) is 2. The van der Waals surface area contributed by atoms with E-state index in [-0.39, 0.29) is 15.8 Å². The highest BCUT2D eigenvalue weighted by Crippen LogP contribution is 2.64. The van der Waals surface area contributed by atoms with Crippen LogP contribution in [-0.2, 0) is 4.79 Å². The van der Waals surface area contributed by atoms with Crippen LogP contribution in [0.2, 0.25) is 0 Å². The quantitative estimate of drug-likeness (QED) is 0.660. The predicted octanol–water partition coefficient (Wildman–Crippen LogP) is 4.41. The molecule has 4 aliphatic carbocycles. The van der Waals surface area contributed by atoms with Crippen LogP contribution in [0.25, 0.3) is 0 Å². The van der Waals surface area contributed by atoms with Gasteiger partial charge < -0.3 is 14.4 Å². The molecule has 3 unspecified atom stereocenters. The molecule has 5 heteroatoms. The molecule has 27 heavy (non-hydrogen) atoms. The molecule has 3 atom stereocenters. The van der Waals surface area contributed by atoms with Gasteiger partial charge in [-0.05, 0) is 69.4 Å². The second-order valence-electron chi connectivity index (χ2n) is 9.23. The summed E-state index contributed by atoms with van der Waals surface area (Å²) < 4.78 is 12.2. The Morgan fingerprint density at radius 2 is 1.89 bits per heavy atom. The zero-order valence-corrected chi connectivity index (χ0v) is 17.5. The van der Waals surface area contributed by atoms with Gasteiger partial charge in [0.15, 0.2) is 17.6 Å². The average molecular weight is 434 g/mol. The van der Waals surface area contributed by atoms with Crippen LogP contribution in [0.3, 0.4) is 0 Å². The highest BCUT2D eigenvalue weighted by atomic mass is 79.9. The summed E-state index contributed by atoms with van der Waals surface area (Å²) in [5.41, 5.74) is -0.156. The third-order valence-electron chi connectivity index (χ3n) is 7.10. The van der Waals surface area contributed by atoms with E-state index in [4.69, 9.17) is 9.47 Å². The Bertz CT molecular complexity index is 737. The van der Waals surface area contributed by atoms with Crippen molar-refractivity contribution >= 4 is 21.8 Å². The number of halogens is 1. The molecule has 0 radical (unpaired) electrons. The number of hydrogen-bond acceptors (Lipinski definition) is 3. The van der Waals surface area contributed by atoms with Gasteiger partial charge in [0.25, 0.3) is 0 Å². The lowest BCUT2D eigenvalue weighted by Gasteiger charge is -2.60. The van der Waals surface area contributed by atoms with E-state index in [1.807, 2.05) is 29.2 Å². The standard InChI is InChI=1S/C22H28BrNO3/c1-2-24(12-17-13-26-18-5-3-4-6-19(18)27-17)20(25)21-8-15-7-16(9-21)11-22(23,10-15)14-21/h3-6,15-17H,2,7-14H2,1H3. The lowest BCUT2D eigenvalue weighted by molar-refractivity contribution is -0.156. The maximum Gasteiger partial charge on any atom is 0.228 e. The van der Waals surface area contributed by atoms with E-state index in [0.717, 1.165) is 49.1 Å². The number of nitrogens with zero attached hydrogens (tertiary/aromatic N) is 1. The molecule has 4 saturated carbocycles. The van der Waals surface area contributed by atoms with Crippen molar-refractivity contribution in [3.8, 4) is 11.5 Å². The molecule has 0 spiro atoms. The molecule has 4 bridgehead atoms. The Kier molecular flexibility index (Phi) is 4.23. The summed E-state index contributed by atoms with van der Waals surface area (Å²) in [5, 5.41) is 0. The van der Waals surface area contributed by atoms with Crippen LogP contribution in [0.5, 0.6) is 11.5 Å². The number of hydrogen-bond donors (Lipinski definition) is 0. The topological polar surface area (TPSA) is 38.8 Å². The second kappa shape index (κ2) is 6.40. The van der Waals surface area contributed by atoms with E-state index in [1.165, 1.54) is 19.3 Å². The van der Waals surface area contributed by atoms with E-state index in [1.54, 1.807) is 0 Å². The Morgan fingerprint density at radius 3 is 2.56 bits per heavy atom. The smallest absolute Gasteiger partial charge is 0.228 e. The van der Waals surface area contributed by atoms with Gasteiger partial charge in [0.2, 0.25) is 5.91 Å². The van der Waals surface area contributed by atoms with Gasteiger partial charge in [0.1, 0.15) is 6.61 Å². The van der Waals surface area contributed by atoms with Gasteiger partial charge in [-0.1, -0.05) is 28.1 Å². The molecule has 0 N–H and O–H groups in total. The van der Waals surface area contributed by atoms with Gasteiger partial charge in [-0.3, -0.25) is 4.79 Å². The number of para-hydroxylation sites is 2. The molecule has 146 valence electrons. The van der Waals surface area contributed by atoms with Gasteiger partial charge in [-0.25, -0.2) is 0 Å². The first-order valence-corrected chi connectivity index (χ1v) is 11.1. The molecule has 1 amide bonds. The number of benzene rings is 1. The van der Waals surface area contributed by atoms with Crippen molar-refractivity contribution in [2.45, 2.75) is 55.9 Å². The molecule has 1 aromatic rings. The van der Waals surface area contributed by atoms with Crippen molar-refractivity contribution < 1.29 is 14.3 Å². The van der Waals surface area contributed by atoms with E-state index in [9.17, 15) is 4.79 Å². The minimum atomic E-state index is -0.156. The predicted molar refractivity (Wildman–Crippen MR) is 107 cm³/mol. The molecular weight excluding hydrogens is 406 g/mol. The lowest BCUT2D eigenvalue weighted by Crippen LogP contribution is -2.59. The molecule has 1 aliphatic heterocycles. The highest BCUT2D eigenvalue weighted by Gasteiger charge is 2.60. The second-order valence-corrected chi connectivity index (χ2v) is 10.9. The normalized spacial score (nSPS) is 38.7. The number of fused-ring (bicyclic) bond motifs is 1. The maximum atomic E-state index is 13.7. The Balaban J connectivity index is 1.32. The Hall–Kier alpha value is -1.23. The zero-order chi connectivity index (χ0) is 18.6. The molecule has 1 aromatic carbocycles. The SMILES string of the molecule is CCN(CC1COc2ccccc2O1)C(=O)C12CC3CC(CC(Br)(C3)C1)C2. The molecular formula is C22H28BrNO3. The Labute approximate surface area is 169 Å². The summed E-state index contributed by atoms with van der Waals surface area (Å²) in [7, 11) is 0. The molecule has 0 aromatic heterocycles. The third-order valence-corrected chi connectivity index (χ3v) is 8.03. The minimum absolute atomic E-state index is 0.101. The molecule has 1 heterocycles. The summed E-state index contributed by atoms with van der Waals surface area (Å²) in [6.45, 7) is 3.92. The largest absolute Gasteiger partial charge is 0.486 e. The van der Waals surface area contributed by atoms with Crippen molar-refractivity contribution in [1.29, 1.82) is 0 Å². The van der Waals surface area contributed by atoms with Crippen LogP contribution in [-0.4, -0.2) is 40.9 Å². The molecule has 6 rings (SSSR count).